The van der Waals surface area contributed by atoms with Gasteiger partial charge in [0, 0.05) is 29.3 Å². The number of primary amides is 1. The van der Waals surface area contributed by atoms with Crippen LogP contribution < -0.4 is 11.1 Å². The molecule has 0 aliphatic heterocycles. The summed E-state index contributed by atoms with van der Waals surface area (Å²) in [6, 6.07) is 5.96. The molecule has 0 radical (unpaired) electrons. The molecule has 1 fully saturated rings. The van der Waals surface area contributed by atoms with Crippen LogP contribution in [0.15, 0.2) is 18.2 Å². The van der Waals surface area contributed by atoms with Crippen molar-refractivity contribution in [2.45, 2.75) is 46.3 Å². The number of ether oxygens (including phenoxy) is 1. The predicted octanol–water partition coefficient (Wildman–Crippen LogP) is 2.71. The van der Waals surface area contributed by atoms with Crippen LogP contribution in [-0.4, -0.2) is 24.7 Å². The fraction of sp³-hybridized carbons (Fsp3) is 0.562. The van der Waals surface area contributed by atoms with Crippen molar-refractivity contribution in [3.8, 4) is 0 Å². The molecule has 2 atom stereocenters. The number of carbonyl (C=O) groups excluding carboxylic acids is 1. The molecule has 3 N–H and O–H groups in total. The van der Waals surface area contributed by atoms with Gasteiger partial charge in [-0.2, -0.15) is 0 Å². The Morgan fingerprint density at radius 3 is 2.75 bits per heavy atom. The Morgan fingerprint density at radius 2 is 2.20 bits per heavy atom. The lowest BCUT2D eigenvalue weighted by Crippen LogP contribution is -2.58. The number of anilines is 1. The molecule has 0 bridgehead atoms. The smallest absolute Gasteiger partial charge is 0.249 e. The van der Waals surface area contributed by atoms with Gasteiger partial charge >= 0.3 is 0 Å². The van der Waals surface area contributed by atoms with Crippen LogP contribution in [0.1, 0.15) is 43.1 Å². The van der Waals surface area contributed by atoms with E-state index in [0.29, 0.717) is 17.7 Å². The maximum absolute atomic E-state index is 11.4. The van der Waals surface area contributed by atoms with Crippen molar-refractivity contribution in [1.82, 2.24) is 0 Å². The summed E-state index contributed by atoms with van der Waals surface area (Å²) in [5.41, 5.74) is 7.95. The Balaban J connectivity index is 2.13. The third-order valence-corrected chi connectivity index (χ3v) is 4.47. The standard InChI is InChI=1S/C16H24N2O2/c1-5-20-14-9-13(16(14,3)4)18-12-8-6-7-11(10(12)2)15(17)19/h6-8,13-14,18H,5,9H2,1-4H3,(H2,17,19). The number of nitrogens with two attached hydrogens (primary N) is 1. The molecule has 0 aromatic heterocycles. The van der Waals surface area contributed by atoms with Gasteiger partial charge in [-0.3, -0.25) is 4.79 Å². The molecule has 110 valence electrons. The Morgan fingerprint density at radius 1 is 1.50 bits per heavy atom. The number of hydrogen-bond acceptors (Lipinski definition) is 3. The first-order chi connectivity index (χ1) is 9.37. The van der Waals surface area contributed by atoms with E-state index in [1.54, 1.807) is 6.07 Å². The minimum Gasteiger partial charge on any atom is -0.381 e. The third kappa shape index (κ3) is 2.52. The maximum Gasteiger partial charge on any atom is 0.249 e. The lowest BCUT2D eigenvalue weighted by molar-refractivity contribution is -0.0976. The highest BCUT2D eigenvalue weighted by atomic mass is 16.5. The van der Waals surface area contributed by atoms with Crippen LogP contribution in [0.25, 0.3) is 0 Å². The van der Waals surface area contributed by atoms with Gasteiger partial charge in [0.15, 0.2) is 0 Å². The average molecular weight is 276 g/mol. The quantitative estimate of drug-likeness (QED) is 0.869. The molecular formula is C16H24N2O2. The van der Waals surface area contributed by atoms with Crippen molar-refractivity contribution in [3.05, 3.63) is 29.3 Å². The highest BCUT2D eigenvalue weighted by Gasteiger charge is 2.48. The minimum absolute atomic E-state index is 0.0885. The minimum atomic E-state index is -0.383. The zero-order valence-electron chi connectivity index (χ0n) is 12.7. The van der Waals surface area contributed by atoms with Crippen LogP contribution in [0.2, 0.25) is 0 Å². The van der Waals surface area contributed by atoms with E-state index in [2.05, 4.69) is 19.2 Å². The first-order valence-corrected chi connectivity index (χ1v) is 7.15. The van der Waals surface area contributed by atoms with E-state index >= 15 is 0 Å². The number of nitrogens with one attached hydrogen (secondary N) is 1. The summed E-state index contributed by atoms with van der Waals surface area (Å²) < 4.78 is 5.74. The fourth-order valence-electron chi connectivity index (χ4n) is 2.86. The molecule has 0 heterocycles. The van der Waals surface area contributed by atoms with Crippen LogP contribution in [-0.2, 0) is 4.74 Å². The number of amides is 1. The molecule has 2 unspecified atom stereocenters. The molecule has 0 saturated heterocycles. The SMILES string of the molecule is CCOC1CC(Nc2cccc(C(N)=O)c2C)C1(C)C. The summed E-state index contributed by atoms with van der Waals surface area (Å²) in [6.07, 6.45) is 1.28. The van der Waals surface area contributed by atoms with E-state index in [1.807, 2.05) is 26.0 Å². The summed E-state index contributed by atoms with van der Waals surface area (Å²) in [5.74, 6) is -0.383. The zero-order valence-corrected chi connectivity index (χ0v) is 12.7. The largest absolute Gasteiger partial charge is 0.381 e. The summed E-state index contributed by atoms with van der Waals surface area (Å²) in [6.45, 7) is 9.12. The van der Waals surface area contributed by atoms with Crippen LogP contribution >= 0.6 is 0 Å². The van der Waals surface area contributed by atoms with Crippen molar-refractivity contribution in [3.63, 3.8) is 0 Å². The summed E-state index contributed by atoms with van der Waals surface area (Å²) >= 11 is 0. The van der Waals surface area contributed by atoms with Gasteiger partial charge in [0.25, 0.3) is 0 Å². The molecular weight excluding hydrogens is 252 g/mol. The molecule has 1 aliphatic rings. The molecule has 1 amide bonds. The van der Waals surface area contributed by atoms with Crippen LogP contribution in [0.4, 0.5) is 5.69 Å². The summed E-state index contributed by atoms with van der Waals surface area (Å²) in [4.78, 5) is 11.4. The Labute approximate surface area is 120 Å². The van der Waals surface area contributed by atoms with E-state index < -0.39 is 0 Å². The molecule has 0 spiro atoms. The Bertz CT molecular complexity index is 511. The number of rotatable bonds is 5. The second-order valence-electron chi connectivity index (χ2n) is 6.04. The van der Waals surface area contributed by atoms with E-state index in [1.165, 1.54) is 0 Å². The first-order valence-electron chi connectivity index (χ1n) is 7.15. The third-order valence-electron chi connectivity index (χ3n) is 4.47. The normalized spacial score (nSPS) is 24.0. The fourth-order valence-corrected chi connectivity index (χ4v) is 2.86. The van der Waals surface area contributed by atoms with E-state index in [4.69, 9.17) is 10.5 Å². The van der Waals surface area contributed by atoms with Gasteiger partial charge < -0.3 is 15.8 Å². The second-order valence-corrected chi connectivity index (χ2v) is 6.04. The lowest BCUT2D eigenvalue weighted by Gasteiger charge is -2.52. The van der Waals surface area contributed by atoms with Gasteiger partial charge in [0.1, 0.15) is 0 Å². The van der Waals surface area contributed by atoms with Gasteiger partial charge in [0.2, 0.25) is 5.91 Å². The molecule has 20 heavy (non-hydrogen) atoms. The van der Waals surface area contributed by atoms with E-state index in [9.17, 15) is 4.79 Å². The van der Waals surface area contributed by atoms with Crippen molar-refractivity contribution in [2.75, 3.05) is 11.9 Å². The molecule has 1 aromatic carbocycles. The van der Waals surface area contributed by atoms with Gasteiger partial charge in [-0.15, -0.1) is 0 Å². The van der Waals surface area contributed by atoms with E-state index in [0.717, 1.165) is 24.3 Å². The molecule has 1 aromatic rings. The number of carbonyl (C=O) groups is 1. The van der Waals surface area contributed by atoms with Gasteiger partial charge in [0.05, 0.1) is 6.10 Å². The lowest BCUT2D eigenvalue weighted by atomic mass is 9.64. The molecule has 4 heteroatoms. The summed E-state index contributed by atoms with van der Waals surface area (Å²) in [7, 11) is 0. The van der Waals surface area contributed by atoms with Gasteiger partial charge in [-0.1, -0.05) is 19.9 Å². The van der Waals surface area contributed by atoms with Crippen LogP contribution in [0, 0.1) is 12.3 Å². The Kier molecular flexibility index (Phi) is 4.04. The topological polar surface area (TPSA) is 64.3 Å². The first kappa shape index (κ1) is 14.9. The van der Waals surface area contributed by atoms with Crippen molar-refractivity contribution in [1.29, 1.82) is 0 Å². The van der Waals surface area contributed by atoms with Crippen molar-refractivity contribution < 1.29 is 9.53 Å². The summed E-state index contributed by atoms with van der Waals surface area (Å²) in [5, 5.41) is 3.53. The predicted molar refractivity (Wildman–Crippen MR) is 80.9 cm³/mol. The van der Waals surface area contributed by atoms with Crippen molar-refractivity contribution >= 4 is 11.6 Å². The van der Waals surface area contributed by atoms with Crippen LogP contribution in [0.3, 0.4) is 0 Å². The van der Waals surface area contributed by atoms with Gasteiger partial charge in [-0.25, -0.2) is 0 Å². The highest BCUT2D eigenvalue weighted by molar-refractivity contribution is 5.95. The van der Waals surface area contributed by atoms with Gasteiger partial charge in [-0.05, 0) is 38.0 Å². The maximum atomic E-state index is 11.4. The molecule has 4 nitrogen and oxygen atoms in total. The second kappa shape index (κ2) is 5.44. The number of benzene rings is 1. The van der Waals surface area contributed by atoms with E-state index in [-0.39, 0.29) is 11.3 Å². The molecule has 2 rings (SSSR count). The monoisotopic (exact) mass is 276 g/mol. The average Bonchev–Trinajstić information content (AvgIpc) is 2.39. The molecule has 1 aliphatic carbocycles. The Hall–Kier alpha value is -1.55. The number of hydrogen-bond donors (Lipinski definition) is 2. The van der Waals surface area contributed by atoms with Crippen molar-refractivity contribution in [2.24, 2.45) is 11.1 Å². The van der Waals surface area contributed by atoms with Crippen LogP contribution in [0.5, 0.6) is 0 Å². The zero-order chi connectivity index (χ0) is 14.9. The molecule has 1 saturated carbocycles. The highest BCUT2D eigenvalue weighted by Crippen LogP contribution is 2.44.